The fourth-order valence-corrected chi connectivity index (χ4v) is 2.59. The number of nitrogens with one attached hydrogen (secondary N) is 1. The van der Waals surface area contributed by atoms with Crippen LogP contribution in [-0.2, 0) is 11.3 Å². The van der Waals surface area contributed by atoms with Crippen molar-refractivity contribution in [2.24, 2.45) is 0 Å². The van der Waals surface area contributed by atoms with Crippen LogP contribution in [0.15, 0.2) is 41.0 Å². The summed E-state index contributed by atoms with van der Waals surface area (Å²) >= 11 is 5.71. The molecule has 1 fully saturated rings. The Balaban J connectivity index is 1.57. The van der Waals surface area contributed by atoms with E-state index < -0.39 is 5.82 Å². The van der Waals surface area contributed by atoms with Crippen molar-refractivity contribution in [2.45, 2.75) is 12.6 Å². The number of carbonyl (C=O) groups is 1. The van der Waals surface area contributed by atoms with Gasteiger partial charge < -0.3 is 19.4 Å². The molecule has 1 aromatic carbocycles. The van der Waals surface area contributed by atoms with Crippen LogP contribution < -0.4 is 5.32 Å². The summed E-state index contributed by atoms with van der Waals surface area (Å²) in [5, 5.41) is 3.04. The molecule has 1 aromatic heterocycles. The molecule has 1 aliphatic rings. The van der Waals surface area contributed by atoms with Gasteiger partial charge in [-0.3, -0.25) is 0 Å². The van der Waals surface area contributed by atoms with Crippen LogP contribution in [0.25, 0.3) is 0 Å². The van der Waals surface area contributed by atoms with Crippen LogP contribution in [0.1, 0.15) is 17.4 Å². The topological polar surface area (TPSA) is 54.7 Å². The summed E-state index contributed by atoms with van der Waals surface area (Å²) in [6.45, 7) is 1.40. The molecule has 3 rings (SSSR count). The molecule has 1 N–H and O–H groups in total. The van der Waals surface area contributed by atoms with Gasteiger partial charge in [0.1, 0.15) is 17.7 Å². The lowest BCUT2D eigenvalue weighted by molar-refractivity contribution is -0.0260. The number of hydrogen-bond donors (Lipinski definition) is 1. The van der Waals surface area contributed by atoms with Gasteiger partial charge in [-0.2, -0.15) is 0 Å². The van der Waals surface area contributed by atoms with E-state index in [0.717, 1.165) is 0 Å². The normalized spacial score (nSPS) is 18.0. The molecule has 0 radical (unpaired) electrons. The highest BCUT2D eigenvalue weighted by atomic mass is 35.5. The number of rotatable bonds is 3. The number of nitrogens with zero attached hydrogens (tertiary/aromatic N) is 1. The third-order valence-corrected chi connectivity index (χ3v) is 3.89. The van der Waals surface area contributed by atoms with E-state index in [9.17, 15) is 9.18 Å². The van der Waals surface area contributed by atoms with Crippen LogP contribution in [0, 0.1) is 5.82 Å². The van der Waals surface area contributed by atoms with Crippen LogP contribution in [0.3, 0.4) is 0 Å². The van der Waals surface area contributed by atoms with E-state index in [2.05, 4.69) is 5.32 Å². The van der Waals surface area contributed by atoms with E-state index in [-0.39, 0.29) is 18.7 Å². The van der Waals surface area contributed by atoms with Gasteiger partial charge in [0.05, 0.1) is 19.4 Å². The average Bonchev–Trinajstić information content (AvgIpc) is 3.08. The zero-order valence-corrected chi connectivity index (χ0v) is 13.1. The van der Waals surface area contributed by atoms with Gasteiger partial charge in [-0.1, -0.05) is 17.7 Å². The predicted molar refractivity (Wildman–Crippen MR) is 82.6 cm³/mol. The molecule has 0 bridgehead atoms. The molecule has 1 atom stereocenters. The highest BCUT2D eigenvalue weighted by Gasteiger charge is 2.26. The molecule has 0 saturated carbocycles. The standard InChI is InChI=1S/C16H16ClFN2O3/c17-12-4-3-11(13(18)8-12)9-19-16(21)20-5-7-23-15(10-20)14-2-1-6-22-14/h1-4,6,8,15H,5,7,9-10H2,(H,19,21). The smallest absolute Gasteiger partial charge is 0.317 e. The number of urea groups is 1. The lowest BCUT2D eigenvalue weighted by Gasteiger charge is -2.32. The predicted octanol–water partition coefficient (Wildman–Crippen LogP) is 3.36. The van der Waals surface area contributed by atoms with Crippen molar-refractivity contribution in [2.75, 3.05) is 19.7 Å². The van der Waals surface area contributed by atoms with Gasteiger partial charge in [0, 0.05) is 23.7 Å². The minimum Gasteiger partial charge on any atom is -0.467 e. The number of hydrogen-bond acceptors (Lipinski definition) is 3. The maximum atomic E-state index is 13.7. The number of morpholine rings is 1. The Hall–Kier alpha value is -2.05. The van der Waals surface area contributed by atoms with E-state index in [1.165, 1.54) is 6.07 Å². The van der Waals surface area contributed by atoms with Crippen molar-refractivity contribution in [1.82, 2.24) is 10.2 Å². The molecule has 1 saturated heterocycles. The number of benzene rings is 1. The lowest BCUT2D eigenvalue weighted by atomic mass is 10.2. The van der Waals surface area contributed by atoms with E-state index in [4.69, 9.17) is 20.8 Å². The number of halogens is 2. The minimum absolute atomic E-state index is 0.102. The van der Waals surface area contributed by atoms with Crippen molar-refractivity contribution in [3.8, 4) is 0 Å². The largest absolute Gasteiger partial charge is 0.467 e. The second-order valence-electron chi connectivity index (χ2n) is 5.22. The second kappa shape index (κ2) is 7.02. The van der Waals surface area contributed by atoms with E-state index in [1.54, 1.807) is 29.4 Å². The van der Waals surface area contributed by atoms with Gasteiger partial charge in [-0.05, 0) is 24.3 Å². The van der Waals surface area contributed by atoms with E-state index >= 15 is 0 Å². The summed E-state index contributed by atoms with van der Waals surface area (Å²) in [6.07, 6.45) is 1.29. The quantitative estimate of drug-likeness (QED) is 0.933. The fraction of sp³-hybridized carbons (Fsp3) is 0.312. The summed E-state index contributed by atoms with van der Waals surface area (Å²) < 4.78 is 24.6. The molecule has 7 heteroatoms. The molecule has 0 aliphatic carbocycles. The Labute approximate surface area is 138 Å². The second-order valence-corrected chi connectivity index (χ2v) is 5.65. The number of amides is 2. The van der Waals surface area contributed by atoms with Crippen LogP contribution in [0.2, 0.25) is 5.02 Å². The van der Waals surface area contributed by atoms with E-state index in [1.807, 2.05) is 6.07 Å². The molecular weight excluding hydrogens is 323 g/mol. The first-order valence-electron chi connectivity index (χ1n) is 7.25. The summed E-state index contributed by atoms with van der Waals surface area (Å²) in [4.78, 5) is 13.9. The SMILES string of the molecule is O=C(NCc1ccc(Cl)cc1F)N1CCOC(c2ccco2)C1. The zero-order valence-electron chi connectivity index (χ0n) is 12.3. The molecule has 0 spiro atoms. The van der Waals surface area contributed by atoms with Crippen molar-refractivity contribution in [3.63, 3.8) is 0 Å². The first kappa shape index (κ1) is 15.8. The molecule has 2 heterocycles. The highest BCUT2D eigenvalue weighted by Crippen LogP contribution is 2.22. The van der Waals surface area contributed by atoms with Crippen LogP contribution in [0.4, 0.5) is 9.18 Å². The van der Waals surface area contributed by atoms with Gasteiger partial charge in [-0.15, -0.1) is 0 Å². The lowest BCUT2D eigenvalue weighted by Crippen LogP contribution is -2.46. The van der Waals surface area contributed by atoms with Crippen LogP contribution >= 0.6 is 11.6 Å². The summed E-state index contributed by atoms with van der Waals surface area (Å²) in [6, 6.07) is 7.71. The van der Waals surface area contributed by atoms with Crippen LogP contribution in [0.5, 0.6) is 0 Å². The minimum atomic E-state index is -0.437. The van der Waals surface area contributed by atoms with Gasteiger partial charge >= 0.3 is 6.03 Å². The summed E-state index contributed by atoms with van der Waals surface area (Å²) in [5.74, 6) is 0.250. The zero-order chi connectivity index (χ0) is 16.2. The van der Waals surface area contributed by atoms with Crippen molar-refractivity contribution < 1.29 is 18.3 Å². The highest BCUT2D eigenvalue weighted by molar-refractivity contribution is 6.30. The molecular formula is C16H16ClFN2O3. The Bertz CT molecular complexity index is 678. The van der Waals surface area contributed by atoms with Crippen molar-refractivity contribution in [3.05, 3.63) is 58.8 Å². The molecule has 2 amide bonds. The van der Waals surface area contributed by atoms with Gasteiger partial charge in [0.2, 0.25) is 0 Å². The summed E-state index contributed by atoms with van der Waals surface area (Å²) in [7, 11) is 0. The Morgan fingerprint density at radius 3 is 3.04 bits per heavy atom. The van der Waals surface area contributed by atoms with E-state index in [0.29, 0.717) is 36.0 Å². The Kier molecular flexibility index (Phi) is 4.83. The fourth-order valence-electron chi connectivity index (χ4n) is 2.43. The molecule has 122 valence electrons. The average molecular weight is 339 g/mol. The maximum Gasteiger partial charge on any atom is 0.317 e. The monoisotopic (exact) mass is 338 g/mol. The number of furan rings is 1. The van der Waals surface area contributed by atoms with Crippen molar-refractivity contribution >= 4 is 17.6 Å². The Morgan fingerprint density at radius 2 is 2.30 bits per heavy atom. The first-order chi connectivity index (χ1) is 11.1. The molecule has 23 heavy (non-hydrogen) atoms. The van der Waals surface area contributed by atoms with Crippen molar-refractivity contribution in [1.29, 1.82) is 0 Å². The van der Waals surface area contributed by atoms with Gasteiger partial charge in [0.25, 0.3) is 0 Å². The maximum absolute atomic E-state index is 13.7. The number of carbonyl (C=O) groups excluding carboxylic acids is 1. The number of ether oxygens (including phenoxy) is 1. The third-order valence-electron chi connectivity index (χ3n) is 3.66. The summed E-state index contributed by atoms with van der Waals surface area (Å²) in [5.41, 5.74) is 0.388. The van der Waals surface area contributed by atoms with Gasteiger partial charge in [-0.25, -0.2) is 9.18 Å². The van der Waals surface area contributed by atoms with Gasteiger partial charge in [0.15, 0.2) is 0 Å². The van der Waals surface area contributed by atoms with Crippen LogP contribution in [-0.4, -0.2) is 30.6 Å². The Morgan fingerprint density at radius 1 is 1.43 bits per heavy atom. The first-order valence-corrected chi connectivity index (χ1v) is 7.63. The molecule has 1 aliphatic heterocycles. The molecule has 2 aromatic rings. The third kappa shape index (κ3) is 3.83. The molecule has 5 nitrogen and oxygen atoms in total. The molecule has 1 unspecified atom stereocenters.